The van der Waals surface area contributed by atoms with Crippen LogP contribution >= 0.6 is 11.8 Å². The van der Waals surface area contributed by atoms with Gasteiger partial charge in [-0.15, -0.1) is 11.8 Å². The average Bonchev–Trinajstić information content (AvgIpc) is 2.58. The number of thioether (sulfide) groups is 1. The Bertz CT molecular complexity index is 571. The molecule has 1 aromatic rings. The first-order valence-corrected chi connectivity index (χ1v) is 9.42. The Morgan fingerprint density at radius 1 is 1.29 bits per heavy atom. The SMILES string of the molecule is CCN(CC(=O)O)C1CCN(C(=O)CSc2ccccc2C)CC1. The van der Waals surface area contributed by atoms with Crippen LogP contribution in [0, 0.1) is 6.92 Å². The Balaban J connectivity index is 1.80. The molecule has 0 unspecified atom stereocenters. The third-order valence-electron chi connectivity index (χ3n) is 4.52. The third-order valence-corrected chi connectivity index (χ3v) is 5.68. The average molecular weight is 350 g/mol. The minimum Gasteiger partial charge on any atom is -0.480 e. The third kappa shape index (κ3) is 5.24. The highest BCUT2D eigenvalue weighted by Crippen LogP contribution is 2.23. The number of piperidine rings is 1. The zero-order valence-corrected chi connectivity index (χ0v) is 15.2. The van der Waals surface area contributed by atoms with Crippen LogP contribution < -0.4 is 0 Å². The summed E-state index contributed by atoms with van der Waals surface area (Å²) >= 11 is 1.59. The van der Waals surface area contributed by atoms with Crippen LogP contribution in [0.4, 0.5) is 0 Å². The lowest BCUT2D eigenvalue weighted by molar-refractivity contribution is -0.140. The van der Waals surface area contributed by atoms with Gasteiger partial charge in [0.05, 0.1) is 12.3 Å². The van der Waals surface area contributed by atoms with Gasteiger partial charge in [0, 0.05) is 24.0 Å². The van der Waals surface area contributed by atoms with Crippen LogP contribution in [0.1, 0.15) is 25.3 Å². The molecule has 0 radical (unpaired) electrons. The van der Waals surface area contributed by atoms with Crippen LogP contribution in [0.5, 0.6) is 0 Å². The molecule has 1 aliphatic heterocycles. The zero-order chi connectivity index (χ0) is 17.5. The van der Waals surface area contributed by atoms with E-state index in [2.05, 4.69) is 13.0 Å². The molecule has 0 saturated carbocycles. The molecular formula is C18H26N2O3S. The van der Waals surface area contributed by atoms with Crippen molar-refractivity contribution in [1.29, 1.82) is 0 Å². The van der Waals surface area contributed by atoms with Crippen LogP contribution in [0.15, 0.2) is 29.2 Å². The number of likely N-dealkylation sites (tertiary alicyclic amines) is 1. The van der Waals surface area contributed by atoms with E-state index in [-0.39, 0.29) is 18.5 Å². The maximum atomic E-state index is 12.4. The Morgan fingerprint density at radius 2 is 1.96 bits per heavy atom. The van der Waals surface area contributed by atoms with E-state index in [4.69, 9.17) is 5.11 Å². The van der Waals surface area contributed by atoms with E-state index < -0.39 is 5.97 Å². The fourth-order valence-corrected chi connectivity index (χ4v) is 4.03. The summed E-state index contributed by atoms with van der Waals surface area (Å²) in [5.41, 5.74) is 1.20. The Labute approximate surface area is 148 Å². The minimum absolute atomic E-state index is 0.0816. The molecule has 6 heteroatoms. The summed E-state index contributed by atoms with van der Waals surface area (Å²) in [6.07, 6.45) is 1.70. The summed E-state index contributed by atoms with van der Waals surface area (Å²) in [5.74, 6) is -0.157. The van der Waals surface area contributed by atoms with Crippen molar-refractivity contribution in [3.05, 3.63) is 29.8 Å². The van der Waals surface area contributed by atoms with Gasteiger partial charge in [-0.3, -0.25) is 14.5 Å². The number of likely N-dealkylation sites (N-methyl/N-ethyl adjacent to an activating group) is 1. The van der Waals surface area contributed by atoms with Gasteiger partial charge in [0.1, 0.15) is 0 Å². The van der Waals surface area contributed by atoms with E-state index in [1.165, 1.54) is 5.56 Å². The molecule has 24 heavy (non-hydrogen) atoms. The van der Waals surface area contributed by atoms with Crippen LogP contribution in [0.3, 0.4) is 0 Å². The number of hydrogen-bond donors (Lipinski definition) is 1. The lowest BCUT2D eigenvalue weighted by atomic mass is 10.0. The summed E-state index contributed by atoms with van der Waals surface area (Å²) in [6, 6.07) is 8.36. The molecule has 0 bridgehead atoms. The Hall–Kier alpha value is -1.53. The standard InChI is InChI=1S/C18H26N2O3S/c1-3-19(12-18(22)23)15-8-10-20(11-9-15)17(21)13-24-16-7-5-4-6-14(16)2/h4-7,15H,3,8-13H2,1-2H3,(H,22,23). The molecular weight excluding hydrogens is 324 g/mol. The summed E-state index contributed by atoms with van der Waals surface area (Å²) in [6.45, 7) is 6.29. The normalized spacial score (nSPS) is 15.7. The van der Waals surface area contributed by atoms with Gasteiger partial charge in [0.15, 0.2) is 0 Å². The molecule has 1 amide bonds. The number of aryl methyl sites for hydroxylation is 1. The monoisotopic (exact) mass is 350 g/mol. The van der Waals surface area contributed by atoms with Crippen molar-refractivity contribution in [3.63, 3.8) is 0 Å². The van der Waals surface area contributed by atoms with Crippen molar-refractivity contribution in [3.8, 4) is 0 Å². The molecule has 5 nitrogen and oxygen atoms in total. The highest BCUT2D eigenvalue weighted by molar-refractivity contribution is 8.00. The van der Waals surface area contributed by atoms with Gasteiger partial charge in [-0.2, -0.15) is 0 Å². The number of carbonyl (C=O) groups excluding carboxylic acids is 1. The number of amides is 1. The minimum atomic E-state index is -0.787. The quantitative estimate of drug-likeness (QED) is 0.766. The number of carbonyl (C=O) groups is 2. The molecule has 1 aromatic carbocycles. The van der Waals surface area contributed by atoms with Crippen molar-refractivity contribution in [2.24, 2.45) is 0 Å². The number of carboxylic acid groups (broad SMARTS) is 1. The number of aliphatic carboxylic acids is 1. The summed E-state index contributed by atoms with van der Waals surface area (Å²) in [7, 11) is 0. The Morgan fingerprint density at radius 3 is 2.54 bits per heavy atom. The van der Waals surface area contributed by atoms with Crippen LogP contribution in [-0.4, -0.2) is 64.8 Å². The first-order valence-electron chi connectivity index (χ1n) is 8.43. The van der Waals surface area contributed by atoms with Crippen LogP contribution in [0.25, 0.3) is 0 Å². The number of carboxylic acids is 1. The zero-order valence-electron chi connectivity index (χ0n) is 14.4. The molecule has 0 aliphatic carbocycles. The van der Waals surface area contributed by atoms with Gasteiger partial charge in [0.2, 0.25) is 5.91 Å². The van der Waals surface area contributed by atoms with Crippen LogP contribution in [-0.2, 0) is 9.59 Å². The van der Waals surface area contributed by atoms with E-state index in [1.54, 1.807) is 11.8 Å². The summed E-state index contributed by atoms with van der Waals surface area (Å²) in [5, 5.41) is 8.98. The largest absolute Gasteiger partial charge is 0.480 e. The first-order chi connectivity index (χ1) is 11.5. The second kappa shape index (κ2) is 9.08. The summed E-state index contributed by atoms with van der Waals surface area (Å²) < 4.78 is 0. The van der Waals surface area contributed by atoms with Crippen molar-refractivity contribution in [2.45, 2.75) is 37.6 Å². The molecule has 132 valence electrons. The fourth-order valence-electron chi connectivity index (χ4n) is 3.10. The lowest BCUT2D eigenvalue weighted by Gasteiger charge is -2.37. The van der Waals surface area contributed by atoms with E-state index in [0.29, 0.717) is 18.8 Å². The topological polar surface area (TPSA) is 60.9 Å². The number of nitrogens with zero attached hydrogens (tertiary/aromatic N) is 2. The molecule has 1 heterocycles. The summed E-state index contributed by atoms with van der Waals surface area (Å²) in [4.78, 5) is 28.4. The predicted octanol–water partition coefficient (Wildman–Crippen LogP) is 2.48. The highest BCUT2D eigenvalue weighted by atomic mass is 32.2. The maximum Gasteiger partial charge on any atom is 0.317 e. The predicted molar refractivity (Wildman–Crippen MR) is 96.4 cm³/mol. The number of rotatable bonds is 7. The van der Waals surface area contributed by atoms with Gasteiger partial charge >= 0.3 is 5.97 Å². The van der Waals surface area contributed by atoms with Crippen LogP contribution in [0.2, 0.25) is 0 Å². The molecule has 2 rings (SSSR count). The highest BCUT2D eigenvalue weighted by Gasteiger charge is 2.27. The molecule has 0 aromatic heterocycles. The number of hydrogen-bond acceptors (Lipinski definition) is 4. The second-order valence-corrected chi connectivity index (χ2v) is 7.14. The smallest absolute Gasteiger partial charge is 0.317 e. The van der Waals surface area contributed by atoms with Gasteiger partial charge < -0.3 is 10.0 Å². The van der Waals surface area contributed by atoms with Crippen molar-refractivity contribution in [2.75, 3.05) is 31.9 Å². The second-order valence-electron chi connectivity index (χ2n) is 6.12. The van der Waals surface area contributed by atoms with E-state index in [1.807, 2.05) is 34.9 Å². The fraction of sp³-hybridized carbons (Fsp3) is 0.556. The van der Waals surface area contributed by atoms with Gasteiger partial charge in [-0.05, 0) is 37.9 Å². The lowest BCUT2D eigenvalue weighted by Crippen LogP contribution is -2.48. The van der Waals surface area contributed by atoms with E-state index >= 15 is 0 Å². The van der Waals surface area contributed by atoms with Crippen molar-refractivity contribution in [1.82, 2.24) is 9.80 Å². The molecule has 1 aliphatic rings. The molecule has 1 fully saturated rings. The molecule has 0 atom stereocenters. The van der Waals surface area contributed by atoms with Crippen molar-refractivity contribution < 1.29 is 14.7 Å². The van der Waals surface area contributed by atoms with Gasteiger partial charge in [-0.1, -0.05) is 25.1 Å². The van der Waals surface area contributed by atoms with E-state index in [0.717, 1.165) is 24.3 Å². The molecule has 1 saturated heterocycles. The van der Waals surface area contributed by atoms with E-state index in [9.17, 15) is 9.59 Å². The van der Waals surface area contributed by atoms with Gasteiger partial charge in [0.25, 0.3) is 0 Å². The molecule has 1 N–H and O–H groups in total. The maximum absolute atomic E-state index is 12.4. The first kappa shape index (κ1) is 18.8. The van der Waals surface area contributed by atoms with Gasteiger partial charge in [-0.25, -0.2) is 0 Å². The Kier molecular flexibility index (Phi) is 7.12. The van der Waals surface area contributed by atoms with Crippen molar-refractivity contribution >= 4 is 23.6 Å². The molecule has 0 spiro atoms. The number of benzene rings is 1.